The zero-order chi connectivity index (χ0) is 18.9. The first-order valence-electron chi connectivity index (χ1n) is 7.48. The third kappa shape index (κ3) is 3.30. The molecule has 0 aliphatic heterocycles. The maximum Gasteiger partial charge on any atom is 0.175 e. The van der Waals surface area contributed by atoms with Gasteiger partial charge in [0.1, 0.15) is 6.07 Å². The molecular formula is C18H14FN3O3S. The monoisotopic (exact) mass is 371 g/mol. The molecule has 1 heterocycles. The van der Waals surface area contributed by atoms with Crippen LogP contribution < -0.4 is 4.74 Å². The Kier molecular flexibility index (Phi) is 4.49. The van der Waals surface area contributed by atoms with Crippen molar-refractivity contribution in [3.05, 3.63) is 60.0 Å². The minimum Gasteiger partial charge on any atom is -0.494 e. The number of halogens is 1. The van der Waals surface area contributed by atoms with Crippen molar-refractivity contribution in [3.8, 4) is 28.8 Å². The predicted molar refractivity (Wildman–Crippen MR) is 93.3 cm³/mol. The van der Waals surface area contributed by atoms with Gasteiger partial charge in [-0.2, -0.15) is 10.4 Å². The Balaban J connectivity index is 2.13. The van der Waals surface area contributed by atoms with E-state index < -0.39 is 15.7 Å². The van der Waals surface area contributed by atoms with Crippen molar-refractivity contribution >= 4 is 9.84 Å². The lowest BCUT2D eigenvalue weighted by atomic mass is 10.1. The van der Waals surface area contributed by atoms with Crippen molar-refractivity contribution in [3.63, 3.8) is 0 Å². The lowest BCUT2D eigenvalue weighted by Gasteiger charge is -2.10. The summed E-state index contributed by atoms with van der Waals surface area (Å²) in [4.78, 5) is 0.184. The Morgan fingerprint density at radius 2 is 1.85 bits per heavy atom. The molecule has 3 aromatic rings. The number of benzene rings is 2. The molecule has 0 fully saturated rings. The number of nitrogens with zero attached hydrogens (tertiary/aromatic N) is 3. The molecule has 0 saturated carbocycles. The normalized spacial score (nSPS) is 11.2. The molecule has 0 saturated heterocycles. The van der Waals surface area contributed by atoms with Crippen molar-refractivity contribution in [2.45, 2.75) is 4.90 Å². The van der Waals surface area contributed by atoms with E-state index in [0.717, 1.165) is 6.26 Å². The second kappa shape index (κ2) is 6.61. The molecule has 0 amide bonds. The first-order chi connectivity index (χ1) is 12.3. The molecule has 132 valence electrons. The molecule has 1 aromatic heterocycles. The van der Waals surface area contributed by atoms with Gasteiger partial charge in [0.05, 0.1) is 23.4 Å². The van der Waals surface area contributed by atoms with Gasteiger partial charge < -0.3 is 4.74 Å². The highest BCUT2D eigenvalue weighted by molar-refractivity contribution is 7.90. The molecule has 3 rings (SSSR count). The highest BCUT2D eigenvalue weighted by Crippen LogP contribution is 2.27. The minimum atomic E-state index is -3.32. The summed E-state index contributed by atoms with van der Waals surface area (Å²) in [6.45, 7) is 0. The fourth-order valence-corrected chi connectivity index (χ4v) is 3.13. The highest BCUT2D eigenvalue weighted by Gasteiger charge is 2.15. The van der Waals surface area contributed by atoms with Crippen molar-refractivity contribution in [1.29, 1.82) is 5.26 Å². The first kappa shape index (κ1) is 17.6. The molecule has 0 atom stereocenters. The van der Waals surface area contributed by atoms with Gasteiger partial charge in [-0.1, -0.05) is 12.1 Å². The third-order valence-electron chi connectivity index (χ3n) is 3.78. The Morgan fingerprint density at radius 3 is 2.38 bits per heavy atom. The number of methoxy groups -OCH3 is 1. The maximum absolute atomic E-state index is 14.0. The van der Waals surface area contributed by atoms with E-state index in [1.54, 1.807) is 24.3 Å². The number of sulfone groups is 1. The van der Waals surface area contributed by atoms with E-state index in [4.69, 9.17) is 10.00 Å². The maximum atomic E-state index is 14.0. The van der Waals surface area contributed by atoms with Crippen LogP contribution in [0.25, 0.3) is 16.9 Å². The van der Waals surface area contributed by atoms with Crippen molar-refractivity contribution in [1.82, 2.24) is 9.78 Å². The molecule has 2 aromatic carbocycles. The van der Waals surface area contributed by atoms with Crippen LogP contribution in [0.15, 0.2) is 53.4 Å². The summed E-state index contributed by atoms with van der Waals surface area (Å²) < 4.78 is 43.6. The number of hydrogen-bond donors (Lipinski definition) is 0. The second-order valence-electron chi connectivity index (χ2n) is 5.55. The molecule has 8 heteroatoms. The van der Waals surface area contributed by atoms with Gasteiger partial charge in [-0.25, -0.2) is 17.5 Å². The Labute approximate surface area is 150 Å². The van der Waals surface area contributed by atoms with E-state index >= 15 is 0 Å². The summed E-state index contributed by atoms with van der Waals surface area (Å²) in [7, 11) is -1.95. The standard InChI is InChI=1S/C18H14FN3O3S/c1-25-18-8-5-14(10-16(18)19)22-17(9-13(11-20)21-22)12-3-6-15(7-4-12)26(2,23)24/h3-10H,1-2H3. The van der Waals surface area contributed by atoms with Gasteiger partial charge in [-0.15, -0.1) is 0 Å². The van der Waals surface area contributed by atoms with E-state index in [0.29, 0.717) is 16.9 Å². The fraction of sp³-hybridized carbons (Fsp3) is 0.111. The molecule has 0 aliphatic carbocycles. The van der Waals surface area contributed by atoms with Crippen LogP contribution in [0.5, 0.6) is 5.75 Å². The Bertz CT molecular complexity index is 1110. The smallest absolute Gasteiger partial charge is 0.175 e. The van der Waals surface area contributed by atoms with Gasteiger partial charge >= 0.3 is 0 Å². The molecule has 0 aliphatic rings. The minimum absolute atomic E-state index is 0.0977. The average molecular weight is 371 g/mol. The van der Waals surface area contributed by atoms with Crippen LogP contribution in [-0.4, -0.2) is 31.6 Å². The van der Waals surface area contributed by atoms with Crippen molar-refractivity contribution < 1.29 is 17.5 Å². The highest BCUT2D eigenvalue weighted by atomic mass is 32.2. The SMILES string of the molecule is COc1ccc(-n2nc(C#N)cc2-c2ccc(S(C)(=O)=O)cc2)cc1F. The lowest BCUT2D eigenvalue weighted by Crippen LogP contribution is -2.01. The molecule has 0 bridgehead atoms. The zero-order valence-corrected chi connectivity index (χ0v) is 14.8. The predicted octanol–water partition coefficient (Wildman–Crippen LogP) is 2.96. The summed E-state index contributed by atoms with van der Waals surface area (Å²) >= 11 is 0. The first-order valence-corrected chi connectivity index (χ1v) is 9.37. The van der Waals surface area contributed by atoms with Gasteiger partial charge in [0, 0.05) is 24.0 Å². The Hall–Kier alpha value is -3.18. The average Bonchev–Trinajstić information content (AvgIpc) is 3.05. The van der Waals surface area contributed by atoms with E-state index in [-0.39, 0.29) is 16.3 Å². The van der Waals surface area contributed by atoms with Gasteiger partial charge in [-0.3, -0.25) is 0 Å². The van der Waals surface area contributed by atoms with Crippen LogP contribution in [0.1, 0.15) is 5.69 Å². The zero-order valence-electron chi connectivity index (χ0n) is 14.0. The van der Waals surface area contributed by atoms with Gasteiger partial charge in [0.15, 0.2) is 27.1 Å². The number of nitriles is 1. The van der Waals surface area contributed by atoms with E-state index in [1.807, 2.05) is 6.07 Å². The van der Waals surface area contributed by atoms with E-state index in [1.165, 1.54) is 36.1 Å². The topological polar surface area (TPSA) is 85.0 Å². The van der Waals surface area contributed by atoms with Crippen LogP contribution in [0.3, 0.4) is 0 Å². The molecule has 0 spiro atoms. The second-order valence-corrected chi connectivity index (χ2v) is 7.57. The number of hydrogen-bond acceptors (Lipinski definition) is 5. The van der Waals surface area contributed by atoms with Gasteiger partial charge in [-0.05, 0) is 24.3 Å². The van der Waals surface area contributed by atoms with Crippen LogP contribution in [0.4, 0.5) is 4.39 Å². The summed E-state index contributed by atoms with van der Waals surface area (Å²) in [6.07, 6.45) is 1.13. The molecule has 0 N–H and O–H groups in total. The summed E-state index contributed by atoms with van der Waals surface area (Å²) in [5, 5.41) is 13.3. The molecule has 0 unspecified atom stereocenters. The van der Waals surface area contributed by atoms with E-state index in [2.05, 4.69) is 5.10 Å². The fourth-order valence-electron chi connectivity index (χ4n) is 2.50. The molecule has 26 heavy (non-hydrogen) atoms. The van der Waals surface area contributed by atoms with Crippen LogP contribution in [0, 0.1) is 17.1 Å². The van der Waals surface area contributed by atoms with Gasteiger partial charge in [0.2, 0.25) is 0 Å². The van der Waals surface area contributed by atoms with E-state index in [9.17, 15) is 12.8 Å². The number of ether oxygens (including phenoxy) is 1. The summed E-state index contributed by atoms with van der Waals surface area (Å²) in [6, 6.07) is 14.0. The van der Waals surface area contributed by atoms with Crippen LogP contribution in [-0.2, 0) is 9.84 Å². The third-order valence-corrected chi connectivity index (χ3v) is 4.91. The van der Waals surface area contributed by atoms with Crippen molar-refractivity contribution in [2.24, 2.45) is 0 Å². The largest absolute Gasteiger partial charge is 0.494 e. The summed E-state index contributed by atoms with van der Waals surface area (Å²) in [5.74, 6) is -0.460. The van der Waals surface area contributed by atoms with Gasteiger partial charge in [0.25, 0.3) is 0 Å². The van der Waals surface area contributed by atoms with Crippen LogP contribution in [0.2, 0.25) is 0 Å². The number of rotatable bonds is 4. The molecule has 0 radical (unpaired) electrons. The number of aromatic nitrogens is 2. The quantitative estimate of drug-likeness (QED) is 0.704. The lowest BCUT2D eigenvalue weighted by molar-refractivity contribution is 0.386. The summed E-state index contributed by atoms with van der Waals surface area (Å²) in [5.41, 5.74) is 1.74. The molecular weight excluding hydrogens is 357 g/mol. The van der Waals surface area contributed by atoms with Crippen molar-refractivity contribution in [2.75, 3.05) is 13.4 Å². The Morgan fingerprint density at radius 1 is 1.15 bits per heavy atom. The molecule has 6 nitrogen and oxygen atoms in total. The van der Waals surface area contributed by atoms with Crippen LogP contribution >= 0.6 is 0 Å².